The molecular formula is C5H10BrN3O. The number of alkyl halides is 1. The van der Waals surface area contributed by atoms with E-state index in [-0.39, 0.29) is 5.91 Å². The van der Waals surface area contributed by atoms with Crippen molar-refractivity contribution in [3.63, 3.8) is 0 Å². The van der Waals surface area contributed by atoms with Gasteiger partial charge in [0.05, 0.1) is 24.1 Å². The number of likely N-dealkylation sites (tertiary alicyclic amines) is 1. The maximum Gasteiger partial charge on any atom is 0.233 e. The number of nitrogens with zero attached hydrogens (tertiary/aromatic N) is 1. The molecule has 0 radical (unpaired) electrons. The Bertz CT molecular complexity index is 151. The Hall–Kier alpha value is -0.130. The first-order valence-electron chi connectivity index (χ1n) is 2.97. The average molecular weight is 208 g/mol. The number of halogens is 1. The molecule has 1 aliphatic rings. The summed E-state index contributed by atoms with van der Waals surface area (Å²) in [5, 5.41) is 0.350. The van der Waals surface area contributed by atoms with Crippen molar-refractivity contribution in [3.8, 4) is 0 Å². The molecule has 1 amide bonds. The third-order valence-corrected chi connectivity index (χ3v) is 1.92. The molecule has 0 saturated carbocycles. The van der Waals surface area contributed by atoms with E-state index >= 15 is 0 Å². The molecule has 0 aromatic carbocycles. The number of carbonyl (C=O) groups is 1. The molecule has 4 N–H and O–H groups in total. The van der Waals surface area contributed by atoms with E-state index in [9.17, 15) is 4.79 Å². The molecule has 0 unspecified atom stereocenters. The minimum absolute atomic E-state index is 0.0477. The van der Waals surface area contributed by atoms with E-state index in [2.05, 4.69) is 15.9 Å². The van der Waals surface area contributed by atoms with Crippen LogP contribution in [0.4, 0.5) is 0 Å². The van der Waals surface area contributed by atoms with E-state index in [0.717, 1.165) is 0 Å². The Morgan fingerprint density at radius 3 is 2.40 bits per heavy atom. The summed E-state index contributed by atoms with van der Waals surface area (Å²) in [5.41, 5.74) is 10.3. The highest BCUT2D eigenvalue weighted by molar-refractivity contribution is 9.09. The standard InChI is InChI=1S/C5H10BrN3O/c6-1-4(10)9-2-5(7,8)3-9/h1-3,7-8H2. The lowest BCUT2D eigenvalue weighted by molar-refractivity contribution is -0.135. The van der Waals surface area contributed by atoms with E-state index < -0.39 is 5.66 Å². The lowest BCUT2D eigenvalue weighted by Gasteiger charge is -2.44. The molecule has 0 atom stereocenters. The van der Waals surface area contributed by atoms with Crippen molar-refractivity contribution in [2.24, 2.45) is 11.5 Å². The number of hydrogen-bond acceptors (Lipinski definition) is 3. The van der Waals surface area contributed by atoms with Gasteiger partial charge in [0.15, 0.2) is 0 Å². The van der Waals surface area contributed by atoms with E-state index in [1.807, 2.05) is 0 Å². The highest BCUT2D eigenvalue weighted by atomic mass is 79.9. The molecule has 4 nitrogen and oxygen atoms in total. The normalized spacial score (nSPS) is 22.1. The molecule has 0 bridgehead atoms. The summed E-state index contributed by atoms with van der Waals surface area (Å²) < 4.78 is 0. The SMILES string of the molecule is NC1(N)CN(C(=O)CBr)C1. The topological polar surface area (TPSA) is 72.3 Å². The lowest BCUT2D eigenvalue weighted by Crippen LogP contribution is -2.73. The predicted octanol–water partition coefficient (Wildman–Crippen LogP) is -1.16. The summed E-state index contributed by atoms with van der Waals surface area (Å²) >= 11 is 3.05. The maximum atomic E-state index is 10.8. The van der Waals surface area contributed by atoms with Crippen LogP contribution in [0.1, 0.15) is 0 Å². The average Bonchev–Trinajstić information content (AvgIpc) is 1.81. The van der Waals surface area contributed by atoms with Crippen molar-refractivity contribution >= 4 is 21.8 Å². The van der Waals surface area contributed by atoms with Gasteiger partial charge in [-0.3, -0.25) is 4.79 Å². The van der Waals surface area contributed by atoms with E-state index in [4.69, 9.17) is 11.5 Å². The summed E-state index contributed by atoms with van der Waals surface area (Å²) in [5.74, 6) is 0.0477. The van der Waals surface area contributed by atoms with Crippen LogP contribution in [0, 0.1) is 0 Å². The van der Waals surface area contributed by atoms with Crippen LogP contribution in [0.2, 0.25) is 0 Å². The molecule has 1 saturated heterocycles. The van der Waals surface area contributed by atoms with Gasteiger partial charge in [0.25, 0.3) is 0 Å². The molecule has 10 heavy (non-hydrogen) atoms. The zero-order valence-electron chi connectivity index (χ0n) is 5.51. The molecule has 0 aromatic rings. The fourth-order valence-electron chi connectivity index (χ4n) is 0.925. The van der Waals surface area contributed by atoms with Crippen LogP contribution in [0.3, 0.4) is 0 Å². The largest absolute Gasteiger partial charge is 0.335 e. The Morgan fingerprint density at radius 2 is 2.10 bits per heavy atom. The van der Waals surface area contributed by atoms with Gasteiger partial charge in [0, 0.05) is 0 Å². The van der Waals surface area contributed by atoms with Crippen LogP contribution in [0.25, 0.3) is 0 Å². The van der Waals surface area contributed by atoms with Crippen LogP contribution in [0.15, 0.2) is 0 Å². The lowest BCUT2D eigenvalue weighted by atomic mass is 10.0. The second-order valence-corrected chi connectivity index (χ2v) is 3.18. The summed E-state index contributed by atoms with van der Waals surface area (Å²) in [4.78, 5) is 12.5. The van der Waals surface area contributed by atoms with Gasteiger partial charge in [0.1, 0.15) is 0 Å². The predicted molar refractivity (Wildman–Crippen MR) is 41.5 cm³/mol. The Labute approximate surface area is 67.7 Å². The second-order valence-electron chi connectivity index (χ2n) is 2.62. The zero-order chi connectivity index (χ0) is 7.78. The third-order valence-electron chi connectivity index (χ3n) is 1.44. The summed E-state index contributed by atoms with van der Waals surface area (Å²) in [6.07, 6.45) is 0. The smallest absolute Gasteiger partial charge is 0.233 e. The van der Waals surface area contributed by atoms with Gasteiger partial charge < -0.3 is 16.4 Å². The molecule has 5 heteroatoms. The molecule has 0 spiro atoms. The fourth-order valence-corrected chi connectivity index (χ4v) is 1.28. The molecule has 0 aromatic heterocycles. The van der Waals surface area contributed by atoms with Crippen LogP contribution < -0.4 is 11.5 Å². The van der Waals surface area contributed by atoms with Gasteiger partial charge in [0.2, 0.25) is 5.91 Å². The molecule has 0 aliphatic carbocycles. The molecule has 1 aliphatic heterocycles. The highest BCUT2D eigenvalue weighted by Gasteiger charge is 2.37. The molecule has 1 fully saturated rings. The minimum Gasteiger partial charge on any atom is -0.335 e. The first-order valence-corrected chi connectivity index (χ1v) is 4.09. The number of hydrogen-bond donors (Lipinski definition) is 2. The van der Waals surface area contributed by atoms with Crippen molar-refractivity contribution in [1.82, 2.24) is 4.90 Å². The zero-order valence-corrected chi connectivity index (χ0v) is 7.10. The fraction of sp³-hybridized carbons (Fsp3) is 0.800. The van der Waals surface area contributed by atoms with Crippen molar-refractivity contribution in [2.45, 2.75) is 5.66 Å². The molecule has 1 heterocycles. The van der Waals surface area contributed by atoms with Gasteiger partial charge in [-0.2, -0.15) is 0 Å². The molecule has 1 rings (SSSR count). The van der Waals surface area contributed by atoms with Crippen LogP contribution in [-0.2, 0) is 4.79 Å². The van der Waals surface area contributed by atoms with Crippen molar-refractivity contribution in [2.75, 3.05) is 18.4 Å². The quantitative estimate of drug-likeness (QED) is 0.421. The van der Waals surface area contributed by atoms with E-state index in [1.165, 1.54) is 0 Å². The molecule has 58 valence electrons. The maximum absolute atomic E-state index is 10.8. The number of nitrogens with two attached hydrogens (primary N) is 2. The number of carbonyl (C=O) groups excluding carboxylic acids is 1. The van der Waals surface area contributed by atoms with Gasteiger partial charge in [-0.05, 0) is 0 Å². The van der Waals surface area contributed by atoms with Crippen molar-refractivity contribution in [1.29, 1.82) is 0 Å². The van der Waals surface area contributed by atoms with Gasteiger partial charge in [-0.15, -0.1) is 0 Å². The summed E-state index contributed by atoms with van der Waals surface area (Å²) in [6.45, 7) is 0.939. The van der Waals surface area contributed by atoms with Crippen LogP contribution in [-0.4, -0.2) is 34.9 Å². The number of rotatable bonds is 1. The summed E-state index contributed by atoms with van der Waals surface area (Å²) in [6, 6.07) is 0. The molecular weight excluding hydrogens is 198 g/mol. The third kappa shape index (κ3) is 1.47. The second kappa shape index (κ2) is 2.48. The highest BCUT2D eigenvalue weighted by Crippen LogP contribution is 2.12. The van der Waals surface area contributed by atoms with E-state index in [1.54, 1.807) is 4.90 Å². The summed E-state index contributed by atoms with van der Waals surface area (Å²) in [7, 11) is 0. The minimum atomic E-state index is -0.641. The van der Waals surface area contributed by atoms with Gasteiger partial charge in [-0.25, -0.2) is 0 Å². The van der Waals surface area contributed by atoms with E-state index in [0.29, 0.717) is 18.4 Å². The van der Waals surface area contributed by atoms with Gasteiger partial charge >= 0.3 is 0 Å². The Kier molecular flexibility index (Phi) is 1.98. The Balaban J connectivity index is 2.33. The number of amides is 1. The first kappa shape index (κ1) is 7.97. The monoisotopic (exact) mass is 207 g/mol. The van der Waals surface area contributed by atoms with Crippen molar-refractivity contribution in [3.05, 3.63) is 0 Å². The first-order chi connectivity index (χ1) is 4.55. The van der Waals surface area contributed by atoms with Crippen molar-refractivity contribution < 1.29 is 4.79 Å². The van der Waals surface area contributed by atoms with Crippen LogP contribution in [0.5, 0.6) is 0 Å². The Morgan fingerprint density at radius 1 is 1.60 bits per heavy atom. The van der Waals surface area contributed by atoms with Crippen LogP contribution >= 0.6 is 15.9 Å². The van der Waals surface area contributed by atoms with Gasteiger partial charge in [-0.1, -0.05) is 15.9 Å².